The van der Waals surface area contributed by atoms with Crippen molar-refractivity contribution in [1.82, 2.24) is 0 Å². The van der Waals surface area contributed by atoms with Crippen LogP contribution in [0.2, 0.25) is 0 Å². The van der Waals surface area contributed by atoms with E-state index in [0.29, 0.717) is 0 Å². The molecule has 0 fully saturated rings. The monoisotopic (exact) mass is 602 g/mol. The zero-order chi connectivity index (χ0) is 18.0. The minimum Gasteiger partial charge on any atom is -0.870 e. The third-order valence-electron chi connectivity index (χ3n) is 0. The molecule has 30 heavy (non-hydrogen) atoms. The van der Waals surface area contributed by atoms with E-state index in [0.717, 1.165) is 0 Å². The van der Waals surface area contributed by atoms with Gasteiger partial charge in [-0.1, -0.05) is 0 Å². The molecule has 20 nitrogen and oxygen atoms in total. The summed E-state index contributed by atoms with van der Waals surface area (Å²) >= 11 is 0. The predicted molar refractivity (Wildman–Crippen MR) is 66.9 cm³/mol. The second-order valence-corrected chi connectivity index (χ2v) is 4.90. The average molecular weight is 602 g/mol. The van der Waals surface area contributed by atoms with Crippen LogP contribution in [0.25, 0.3) is 0 Å². The van der Waals surface area contributed by atoms with Gasteiger partial charge in [-0.25, -0.2) is 0 Å². The van der Waals surface area contributed by atoms with Gasteiger partial charge >= 0.3 is 141 Å². The summed E-state index contributed by atoms with van der Waals surface area (Å²) in [6.45, 7) is 0. The molecule has 0 spiro atoms. The zero-order valence-electron chi connectivity index (χ0n) is 14.7. The van der Waals surface area contributed by atoms with Crippen molar-refractivity contribution in [3.8, 4) is 0 Å². The Kier molecular flexibility index (Phi) is 133. The molecule has 0 aliphatic carbocycles. The molecule has 0 bridgehead atoms. The Morgan fingerprint density at radius 1 is 0.300 bits per heavy atom. The molecule has 0 amide bonds. The van der Waals surface area contributed by atoms with Gasteiger partial charge in [-0.3, -0.25) is 33.7 Å². The maximum Gasteiger partial charge on any atom is 3.00 e. The van der Waals surface area contributed by atoms with Crippen molar-refractivity contribution in [2.24, 2.45) is 0 Å². The molecule has 0 aromatic carbocycles. The van der Waals surface area contributed by atoms with E-state index in [9.17, 15) is 0 Å². The SMILES string of the molecule is O=S(=O)([O-])[O-].O=S(=O)([O-])[O-].O=S(=O)([O-])[O-].O=S(=O)([O-])[O-].[Al+3].[Al+3].[Al+3].[Na+].[Na+].[Na+].[OH-].[OH-].[OH-].[OH-]. The summed E-state index contributed by atoms with van der Waals surface area (Å²) < 4.78 is 136. The minimum absolute atomic E-state index is 0. The Morgan fingerprint density at radius 2 is 0.300 bits per heavy atom. The van der Waals surface area contributed by atoms with Gasteiger partial charge in [0.05, 0.1) is 0 Å². The summed E-state index contributed by atoms with van der Waals surface area (Å²) in [7, 11) is -20.7. The van der Waals surface area contributed by atoms with Crippen molar-refractivity contribution in [2.75, 3.05) is 0 Å². The molecule has 0 aromatic rings. The normalized spacial score (nSPS) is 7.73. The quantitative estimate of drug-likeness (QED) is 0.141. The van der Waals surface area contributed by atoms with Crippen LogP contribution in [0.5, 0.6) is 0 Å². The zero-order valence-corrected chi connectivity index (χ0v) is 27.4. The van der Waals surface area contributed by atoms with Gasteiger partial charge in [0.15, 0.2) is 0 Å². The second-order valence-electron chi connectivity index (χ2n) is 1.63. The van der Waals surface area contributed by atoms with Crippen LogP contribution in [-0.2, 0) is 41.6 Å². The molecule has 0 atom stereocenters. The van der Waals surface area contributed by atoms with Gasteiger partial charge < -0.3 is 58.3 Å². The van der Waals surface area contributed by atoms with E-state index in [-0.39, 0.29) is 163 Å². The van der Waals surface area contributed by atoms with Crippen LogP contribution in [0.15, 0.2) is 0 Å². The fraction of sp³-hybridized carbons (Fsp3) is 0. The van der Waals surface area contributed by atoms with Gasteiger partial charge in [-0.2, -0.15) is 0 Å². The predicted octanol–water partition coefficient (Wildman–Crippen LogP) is -16.2. The van der Waals surface area contributed by atoms with Crippen LogP contribution in [-0.4, -0.2) is 144 Å². The van der Waals surface area contributed by atoms with E-state index in [2.05, 4.69) is 0 Å². The molecule has 0 aliphatic rings. The molecular weight excluding hydrogens is 598 g/mol. The van der Waals surface area contributed by atoms with E-state index in [1.165, 1.54) is 0 Å². The molecule has 160 valence electrons. The molecule has 4 N–H and O–H groups in total. The van der Waals surface area contributed by atoms with E-state index < -0.39 is 41.6 Å². The van der Waals surface area contributed by atoms with E-state index in [1.807, 2.05) is 0 Å². The Labute approximate surface area is 270 Å². The van der Waals surface area contributed by atoms with Crippen LogP contribution in [0.3, 0.4) is 0 Å². The van der Waals surface area contributed by atoms with Crippen LogP contribution in [0, 0.1) is 0 Å². The molecule has 0 radical (unpaired) electrons. The summed E-state index contributed by atoms with van der Waals surface area (Å²) in [5, 5.41) is 0. The third kappa shape index (κ3) is 1990. The fourth-order valence-corrected chi connectivity index (χ4v) is 0. The van der Waals surface area contributed by atoms with Crippen LogP contribution >= 0.6 is 0 Å². The summed E-state index contributed by atoms with van der Waals surface area (Å²) in [4.78, 5) is 0. The molecular formula is H4Al3Na3O20S4. The molecule has 0 saturated heterocycles. The largest absolute Gasteiger partial charge is 3.00 e. The smallest absolute Gasteiger partial charge is 0.870 e. The van der Waals surface area contributed by atoms with Gasteiger partial charge in [0.25, 0.3) is 0 Å². The van der Waals surface area contributed by atoms with Crippen LogP contribution < -0.4 is 88.7 Å². The van der Waals surface area contributed by atoms with Crippen molar-refractivity contribution >= 4 is 93.7 Å². The van der Waals surface area contributed by atoms with Crippen molar-refractivity contribution in [3.63, 3.8) is 0 Å². The number of hydrogen-bond acceptors (Lipinski definition) is 20. The molecule has 0 saturated carbocycles. The van der Waals surface area contributed by atoms with Gasteiger partial charge in [0.2, 0.25) is 0 Å². The summed E-state index contributed by atoms with van der Waals surface area (Å²) in [5.74, 6) is 0. The molecule has 0 rings (SSSR count). The first-order valence-electron chi connectivity index (χ1n) is 2.67. The molecule has 0 heterocycles. The average Bonchev–Trinajstić information content (AvgIpc) is 1.62. The first-order chi connectivity index (χ1) is 8.00. The fourth-order valence-electron chi connectivity index (χ4n) is 0. The minimum atomic E-state index is -5.17. The van der Waals surface area contributed by atoms with Crippen LogP contribution in [0.1, 0.15) is 0 Å². The standard InChI is InChI=1S/3Al.3Na.4H2O4S.4H2O/c;;;;;;4*1-5(2,3)4;;;;/h;;;;;;4*(H2,1,2,3,4);4*1H2/q3*+3;3*+1;;;;;;;;/p-12. The number of hydrogen-bond donors (Lipinski definition) is 0. The molecule has 0 unspecified atom stereocenters. The maximum absolute atomic E-state index is 8.52. The first-order valence-corrected chi connectivity index (χ1v) is 8.00. The van der Waals surface area contributed by atoms with E-state index in [4.69, 9.17) is 70.1 Å². The van der Waals surface area contributed by atoms with E-state index in [1.54, 1.807) is 0 Å². The van der Waals surface area contributed by atoms with Gasteiger partial charge in [-0.15, -0.1) is 0 Å². The van der Waals surface area contributed by atoms with Crippen molar-refractivity contribution in [1.29, 1.82) is 0 Å². The Hall–Kier alpha value is 3.92. The Morgan fingerprint density at radius 3 is 0.300 bits per heavy atom. The van der Waals surface area contributed by atoms with Crippen molar-refractivity contribution in [2.45, 2.75) is 0 Å². The van der Waals surface area contributed by atoms with Crippen LogP contribution in [0.4, 0.5) is 0 Å². The second kappa shape index (κ2) is 43.0. The summed E-state index contributed by atoms with van der Waals surface area (Å²) in [5.41, 5.74) is 0. The van der Waals surface area contributed by atoms with Crippen molar-refractivity contribution in [3.05, 3.63) is 0 Å². The Balaban J connectivity index is -0.00000000853. The third-order valence-corrected chi connectivity index (χ3v) is 0. The first kappa shape index (κ1) is 92.6. The summed E-state index contributed by atoms with van der Waals surface area (Å²) in [6, 6.07) is 0. The molecule has 0 aliphatic heterocycles. The van der Waals surface area contributed by atoms with Gasteiger partial charge in [-0.05, 0) is 0 Å². The van der Waals surface area contributed by atoms with E-state index >= 15 is 0 Å². The summed E-state index contributed by atoms with van der Waals surface area (Å²) in [6.07, 6.45) is 0. The topological polar surface area (TPSA) is 441 Å². The molecule has 0 aromatic heterocycles. The maximum atomic E-state index is 8.52. The van der Waals surface area contributed by atoms with Crippen molar-refractivity contribution < 1.29 is 181 Å². The van der Waals surface area contributed by atoms with Gasteiger partial charge in [0.1, 0.15) is 0 Å². The van der Waals surface area contributed by atoms with Gasteiger partial charge in [0, 0.05) is 41.6 Å². The number of rotatable bonds is 0. The Bertz CT molecular complexity index is 496. The molecule has 30 heteroatoms.